The third-order valence-corrected chi connectivity index (χ3v) is 3.09. The van der Waals surface area contributed by atoms with Crippen molar-refractivity contribution in [1.29, 1.82) is 0 Å². The molecule has 1 aromatic carbocycles. The quantitative estimate of drug-likeness (QED) is 0.767. The van der Waals surface area contributed by atoms with Gasteiger partial charge in [0.1, 0.15) is 0 Å². The molecule has 1 aliphatic rings. The summed E-state index contributed by atoms with van der Waals surface area (Å²) < 4.78 is 0. The highest BCUT2D eigenvalue weighted by Gasteiger charge is 2.29. The van der Waals surface area contributed by atoms with Crippen molar-refractivity contribution in [2.24, 2.45) is 0 Å². The standard InChI is InChI=1S/C14H16O2/c1-2-5-13(14(15)16)12-7-4-3-6-11(12)10-8-9-10/h2-4,6-7,10,13H,1,5,8-9H2,(H,15,16). The van der Waals surface area contributed by atoms with Crippen LogP contribution < -0.4 is 0 Å². The van der Waals surface area contributed by atoms with Crippen LogP contribution >= 0.6 is 0 Å². The molecule has 1 aromatic rings. The molecule has 0 saturated heterocycles. The minimum Gasteiger partial charge on any atom is -0.481 e. The maximum absolute atomic E-state index is 11.2. The van der Waals surface area contributed by atoms with Crippen molar-refractivity contribution < 1.29 is 9.90 Å². The first-order valence-electron chi connectivity index (χ1n) is 5.66. The van der Waals surface area contributed by atoms with Crippen LogP contribution in [-0.4, -0.2) is 11.1 Å². The van der Waals surface area contributed by atoms with Gasteiger partial charge in [-0.15, -0.1) is 6.58 Å². The molecule has 2 nitrogen and oxygen atoms in total. The lowest BCUT2D eigenvalue weighted by atomic mass is 9.90. The molecule has 0 heterocycles. The molecule has 1 aliphatic carbocycles. The molecule has 0 aliphatic heterocycles. The Morgan fingerprint density at radius 1 is 1.50 bits per heavy atom. The van der Waals surface area contributed by atoms with Crippen LogP contribution in [0.3, 0.4) is 0 Å². The summed E-state index contributed by atoms with van der Waals surface area (Å²) in [7, 11) is 0. The molecule has 0 radical (unpaired) electrons. The van der Waals surface area contributed by atoms with Crippen LogP contribution in [0.1, 0.15) is 42.2 Å². The third-order valence-electron chi connectivity index (χ3n) is 3.09. The van der Waals surface area contributed by atoms with Crippen LogP contribution in [0.25, 0.3) is 0 Å². The van der Waals surface area contributed by atoms with Crippen molar-refractivity contribution in [1.82, 2.24) is 0 Å². The average molecular weight is 216 g/mol. The van der Waals surface area contributed by atoms with Crippen LogP contribution in [0.5, 0.6) is 0 Å². The monoisotopic (exact) mass is 216 g/mol. The molecule has 1 fully saturated rings. The lowest BCUT2D eigenvalue weighted by Gasteiger charge is -2.15. The molecule has 0 bridgehead atoms. The fraction of sp³-hybridized carbons (Fsp3) is 0.357. The number of rotatable bonds is 5. The first-order valence-corrected chi connectivity index (χ1v) is 5.66. The van der Waals surface area contributed by atoms with Gasteiger partial charge in [0, 0.05) is 0 Å². The summed E-state index contributed by atoms with van der Waals surface area (Å²) in [5.74, 6) is -0.606. The van der Waals surface area contributed by atoms with Crippen LogP contribution in [0.2, 0.25) is 0 Å². The van der Waals surface area contributed by atoms with Gasteiger partial charge in [0.05, 0.1) is 5.92 Å². The van der Waals surface area contributed by atoms with E-state index in [0.717, 1.165) is 5.56 Å². The Hall–Kier alpha value is -1.57. The third kappa shape index (κ3) is 2.16. The van der Waals surface area contributed by atoms with E-state index >= 15 is 0 Å². The molecule has 1 saturated carbocycles. The van der Waals surface area contributed by atoms with Crippen LogP contribution in [-0.2, 0) is 4.79 Å². The van der Waals surface area contributed by atoms with E-state index in [1.807, 2.05) is 18.2 Å². The topological polar surface area (TPSA) is 37.3 Å². The maximum atomic E-state index is 11.2. The summed E-state index contributed by atoms with van der Waals surface area (Å²) in [4.78, 5) is 11.2. The van der Waals surface area contributed by atoms with Gasteiger partial charge in [-0.05, 0) is 36.3 Å². The highest BCUT2D eigenvalue weighted by Crippen LogP contribution is 2.43. The lowest BCUT2D eigenvalue weighted by Crippen LogP contribution is -2.12. The molecule has 2 heteroatoms. The number of carboxylic acid groups (broad SMARTS) is 1. The molecule has 0 spiro atoms. The Morgan fingerprint density at radius 2 is 2.19 bits per heavy atom. The van der Waals surface area contributed by atoms with Crippen LogP contribution in [0.4, 0.5) is 0 Å². The van der Waals surface area contributed by atoms with E-state index in [4.69, 9.17) is 0 Å². The second kappa shape index (κ2) is 4.52. The predicted molar refractivity (Wildman–Crippen MR) is 63.6 cm³/mol. The van der Waals surface area contributed by atoms with Crippen LogP contribution in [0, 0.1) is 0 Å². The van der Waals surface area contributed by atoms with Crippen molar-refractivity contribution in [2.45, 2.75) is 31.1 Å². The van der Waals surface area contributed by atoms with Gasteiger partial charge in [0.25, 0.3) is 0 Å². The molecule has 1 unspecified atom stereocenters. The van der Waals surface area contributed by atoms with Gasteiger partial charge in [-0.1, -0.05) is 30.3 Å². The lowest BCUT2D eigenvalue weighted by molar-refractivity contribution is -0.138. The number of hydrogen-bond donors (Lipinski definition) is 1. The van der Waals surface area contributed by atoms with Crippen molar-refractivity contribution in [3.05, 3.63) is 48.0 Å². The Balaban J connectivity index is 2.35. The van der Waals surface area contributed by atoms with Crippen molar-refractivity contribution >= 4 is 5.97 Å². The van der Waals surface area contributed by atoms with E-state index in [1.165, 1.54) is 18.4 Å². The first kappa shape index (κ1) is 10.9. The average Bonchev–Trinajstić information content (AvgIpc) is 3.09. The van der Waals surface area contributed by atoms with E-state index in [0.29, 0.717) is 12.3 Å². The molecule has 2 rings (SSSR count). The van der Waals surface area contributed by atoms with Crippen molar-refractivity contribution in [3.8, 4) is 0 Å². The molecule has 0 aromatic heterocycles. The van der Waals surface area contributed by atoms with Gasteiger partial charge >= 0.3 is 5.97 Å². The number of allylic oxidation sites excluding steroid dienone is 1. The fourth-order valence-corrected chi connectivity index (χ4v) is 2.12. The van der Waals surface area contributed by atoms with Gasteiger partial charge in [0.15, 0.2) is 0 Å². The molecule has 0 amide bonds. The Morgan fingerprint density at radius 3 is 2.75 bits per heavy atom. The van der Waals surface area contributed by atoms with Crippen LogP contribution in [0.15, 0.2) is 36.9 Å². The summed E-state index contributed by atoms with van der Waals surface area (Å²) >= 11 is 0. The van der Waals surface area contributed by atoms with E-state index in [1.54, 1.807) is 6.08 Å². The summed E-state index contributed by atoms with van der Waals surface area (Å²) in [6.45, 7) is 3.64. The zero-order chi connectivity index (χ0) is 11.5. The SMILES string of the molecule is C=CCC(C(=O)O)c1ccccc1C1CC1. The maximum Gasteiger partial charge on any atom is 0.311 e. The van der Waals surface area contributed by atoms with Crippen molar-refractivity contribution in [2.75, 3.05) is 0 Å². The largest absolute Gasteiger partial charge is 0.481 e. The molecule has 1 atom stereocenters. The molecule has 16 heavy (non-hydrogen) atoms. The predicted octanol–water partition coefficient (Wildman–Crippen LogP) is 3.31. The van der Waals surface area contributed by atoms with Gasteiger partial charge in [-0.2, -0.15) is 0 Å². The fourth-order valence-electron chi connectivity index (χ4n) is 2.12. The zero-order valence-corrected chi connectivity index (χ0v) is 9.23. The van der Waals surface area contributed by atoms with E-state index in [9.17, 15) is 9.90 Å². The molecule has 84 valence electrons. The Kier molecular flexibility index (Phi) is 3.09. The zero-order valence-electron chi connectivity index (χ0n) is 9.23. The summed E-state index contributed by atoms with van der Waals surface area (Å²) in [5.41, 5.74) is 2.19. The number of carbonyl (C=O) groups is 1. The second-order valence-corrected chi connectivity index (χ2v) is 4.32. The Bertz CT molecular complexity index is 405. The molecular weight excluding hydrogens is 200 g/mol. The Labute approximate surface area is 95.6 Å². The summed E-state index contributed by atoms with van der Waals surface area (Å²) in [6, 6.07) is 7.91. The molecule has 1 N–H and O–H groups in total. The number of carboxylic acids is 1. The van der Waals surface area contributed by atoms with Gasteiger partial charge < -0.3 is 5.11 Å². The van der Waals surface area contributed by atoms with E-state index < -0.39 is 11.9 Å². The first-order chi connectivity index (χ1) is 7.74. The number of hydrogen-bond acceptors (Lipinski definition) is 1. The number of aliphatic carboxylic acids is 1. The second-order valence-electron chi connectivity index (χ2n) is 4.32. The minimum absolute atomic E-state index is 0.436. The van der Waals surface area contributed by atoms with Gasteiger partial charge in [-0.3, -0.25) is 4.79 Å². The molecular formula is C14H16O2. The highest BCUT2D eigenvalue weighted by molar-refractivity contribution is 5.77. The summed E-state index contributed by atoms with van der Waals surface area (Å²) in [6.07, 6.45) is 4.57. The van der Waals surface area contributed by atoms with E-state index in [2.05, 4.69) is 12.6 Å². The van der Waals surface area contributed by atoms with Crippen molar-refractivity contribution in [3.63, 3.8) is 0 Å². The number of benzene rings is 1. The normalized spacial score (nSPS) is 16.8. The van der Waals surface area contributed by atoms with E-state index in [-0.39, 0.29) is 0 Å². The van der Waals surface area contributed by atoms with Gasteiger partial charge in [-0.25, -0.2) is 0 Å². The summed E-state index contributed by atoms with van der Waals surface area (Å²) in [5, 5.41) is 9.24. The minimum atomic E-state index is -0.756. The van der Waals surface area contributed by atoms with Gasteiger partial charge in [0.2, 0.25) is 0 Å². The smallest absolute Gasteiger partial charge is 0.311 e. The highest BCUT2D eigenvalue weighted by atomic mass is 16.4.